The number of carboxylic acids is 1. The molecule has 2 rings (SSSR count). The van der Waals surface area contributed by atoms with Gasteiger partial charge in [0.25, 0.3) is 0 Å². The van der Waals surface area contributed by atoms with Gasteiger partial charge in [-0.15, -0.1) is 0 Å². The smallest absolute Gasteiger partial charge is 0.330 e. The fraction of sp³-hybridized carbons (Fsp3) is 0.263. The van der Waals surface area contributed by atoms with Gasteiger partial charge in [0.2, 0.25) is 11.7 Å². The summed E-state index contributed by atoms with van der Waals surface area (Å²) in [4.78, 5) is 24.0. The highest BCUT2D eigenvalue weighted by atomic mass is 35.5. The minimum atomic E-state index is -1.18. The van der Waals surface area contributed by atoms with E-state index in [1.165, 1.54) is 21.3 Å². The van der Waals surface area contributed by atoms with Gasteiger partial charge in [-0.2, -0.15) is 0 Å². The predicted octanol–water partition coefficient (Wildman–Crippen LogP) is 2.85. The van der Waals surface area contributed by atoms with Crippen LogP contribution < -0.4 is 19.5 Å². The summed E-state index contributed by atoms with van der Waals surface area (Å²) in [7, 11) is 4.43. The monoisotopic (exact) mass is 393 g/mol. The number of ether oxygens (including phenoxy) is 3. The molecular weight excluding hydrogens is 374 g/mol. The molecule has 0 bridgehead atoms. The molecule has 144 valence electrons. The Labute approximate surface area is 161 Å². The van der Waals surface area contributed by atoms with Crippen molar-refractivity contribution < 1.29 is 28.9 Å². The predicted molar refractivity (Wildman–Crippen MR) is 99.8 cm³/mol. The first-order chi connectivity index (χ1) is 12.9. The van der Waals surface area contributed by atoms with Crippen LogP contribution in [0.4, 0.5) is 0 Å². The number of halogens is 1. The minimum absolute atomic E-state index is 0.0614. The van der Waals surface area contributed by atoms with Crippen molar-refractivity contribution in [3.05, 3.63) is 52.5 Å². The molecule has 7 nitrogen and oxygen atoms in total. The van der Waals surface area contributed by atoms with Crippen LogP contribution in [0.2, 0.25) is 5.02 Å². The molecule has 0 saturated carbocycles. The van der Waals surface area contributed by atoms with Crippen LogP contribution in [0.1, 0.15) is 17.2 Å². The molecule has 1 unspecified atom stereocenters. The fourth-order valence-corrected chi connectivity index (χ4v) is 2.70. The average Bonchev–Trinajstić information content (AvgIpc) is 2.65. The Bertz CT molecular complexity index is 796. The Balaban J connectivity index is 2.20. The van der Waals surface area contributed by atoms with Gasteiger partial charge in [-0.1, -0.05) is 23.7 Å². The van der Waals surface area contributed by atoms with Crippen LogP contribution in [0.15, 0.2) is 36.4 Å². The zero-order valence-corrected chi connectivity index (χ0v) is 15.9. The molecular formula is C19H20ClNO6. The Hall–Kier alpha value is -2.93. The second-order valence-corrected chi connectivity index (χ2v) is 6.04. The lowest BCUT2D eigenvalue weighted by Gasteiger charge is -2.16. The van der Waals surface area contributed by atoms with Crippen molar-refractivity contribution >= 4 is 23.5 Å². The maximum absolute atomic E-state index is 12.4. The van der Waals surface area contributed by atoms with Gasteiger partial charge in [0.15, 0.2) is 17.5 Å². The molecule has 0 aliphatic heterocycles. The Morgan fingerprint density at radius 1 is 1.04 bits per heavy atom. The molecule has 0 fully saturated rings. The summed E-state index contributed by atoms with van der Waals surface area (Å²) in [5, 5.41) is 12.4. The number of benzene rings is 2. The number of nitrogens with one attached hydrogen (secondary N) is 1. The highest BCUT2D eigenvalue weighted by Gasteiger charge is 2.23. The van der Waals surface area contributed by atoms with Gasteiger partial charge in [-0.05, 0) is 35.4 Å². The summed E-state index contributed by atoms with van der Waals surface area (Å²) in [6, 6.07) is 8.34. The van der Waals surface area contributed by atoms with Crippen molar-refractivity contribution in [2.24, 2.45) is 0 Å². The van der Waals surface area contributed by atoms with E-state index in [2.05, 4.69) is 5.32 Å². The van der Waals surface area contributed by atoms with Gasteiger partial charge in [-0.25, -0.2) is 4.79 Å². The van der Waals surface area contributed by atoms with Crippen LogP contribution in [0.3, 0.4) is 0 Å². The number of aliphatic carboxylic acids is 1. The first-order valence-electron chi connectivity index (χ1n) is 7.96. The van der Waals surface area contributed by atoms with Gasteiger partial charge < -0.3 is 24.6 Å². The van der Waals surface area contributed by atoms with Crippen molar-refractivity contribution in [3.8, 4) is 17.2 Å². The zero-order chi connectivity index (χ0) is 20.0. The second kappa shape index (κ2) is 9.14. The fourth-order valence-electron chi connectivity index (χ4n) is 2.58. The van der Waals surface area contributed by atoms with Gasteiger partial charge in [-0.3, -0.25) is 4.79 Å². The van der Waals surface area contributed by atoms with Crippen LogP contribution >= 0.6 is 11.6 Å². The zero-order valence-electron chi connectivity index (χ0n) is 15.1. The molecule has 0 spiro atoms. The van der Waals surface area contributed by atoms with Crippen LogP contribution in [0, 0.1) is 0 Å². The number of rotatable bonds is 8. The molecule has 0 saturated heterocycles. The van der Waals surface area contributed by atoms with E-state index in [0.29, 0.717) is 33.4 Å². The summed E-state index contributed by atoms with van der Waals surface area (Å²) in [6.45, 7) is 0. The topological polar surface area (TPSA) is 94.1 Å². The SMILES string of the molecule is COc1cc(CC(=O)NC(C(=O)O)c2ccc(Cl)cc2)cc(OC)c1OC. The van der Waals surface area contributed by atoms with E-state index >= 15 is 0 Å². The van der Waals surface area contributed by atoms with E-state index in [-0.39, 0.29) is 6.42 Å². The molecule has 0 aliphatic rings. The van der Waals surface area contributed by atoms with Gasteiger partial charge in [0.05, 0.1) is 27.8 Å². The summed E-state index contributed by atoms with van der Waals surface area (Å²) >= 11 is 5.82. The Kier molecular flexibility index (Phi) is 6.90. The molecule has 1 atom stereocenters. The quantitative estimate of drug-likeness (QED) is 0.716. The molecule has 1 amide bonds. The molecule has 0 radical (unpaired) electrons. The summed E-state index contributed by atoms with van der Waals surface area (Å²) in [5.41, 5.74) is 1.01. The van der Waals surface area contributed by atoms with Crippen LogP contribution in [0.25, 0.3) is 0 Å². The maximum Gasteiger partial charge on any atom is 0.330 e. The minimum Gasteiger partial charge on any atom is -0.493 e. The van der Waals surface area contributed by atoms with Gasteiger partial charge in [0.1, 0.15) is 0 Å². The second-order valence-electron chi connectivity index (χ2n) is 5.60. The maximum atomic E-state index is 12.4. The van der Waals surface area contributed by atoms with Crippen molar-refractivity contribution in [1.29, 1.82) is 0 Å². The van der Waals surface area contributed by atoms with Crippen molar-refractivity contribution in [2.45, 2.75) is 12.5 Å². The van der Waals surface area contributed by atoms with E-state index in [1.807, 2.05) is 0 Å². The molecule has 2 aromatic carbocycles. The molecule has 2 N–H and O–H groups in total. The molecule has 8 heteroatoms. The highest BCUT2D eigenvalue weighted by Crippen LogP contribution is 2.38. The number of hydrogen-bond donors (Lipinski definition) is 2. The van der Waals surface area contributed by atoms with Crippen LogP contribution in [0.5, 0.6) is 17.2 Å². The number of carbonyl (C=O) groups is 2. The van der Waals surface area contributed by atoms with Crippen molar-refractivity contribution in [3.63, 3.8) is 0 Å². The molecule has 2 aromatic rings. The number of hydrogen-bond acceptors (Lipinski definition) is 5. The number of carbonyl (C=O) groups excluding carboxylic acids is 1. The lowest BCUT2D eigenvalue weighted by Crippen LogP contribution is -2.34. The van der Waals surface area contributed by atoms with E-state index in [0.717, 1.165) is 0 Å². The van der Waals surface area contributed by atoms with Crippen molar-refractivity contribution in [1.82, 2.24) is 5.32 Å². The van der Waals surface area contributed by atoms with E-state index in [9.17, 15) is 14.7 Å². The lowest BCUT2D eigenvalue weighted by molar-refractivity contribution is -0.141. The number of amides is 1. The number of methoxy groups -OCH3 is 3. The summed E-state index contributed by atoms with van der Waals surface area (Å²) < 4.78 is 15.8. The lowest BCUT2D eigenvalue weighted by atomic mass is 10.1. The third-order valence-corrected chi connectivity index (χ3v) is 4.10. The third kappa shape index (κ3) is 5.04. The largest absolute Gasteiger partial charge is 0.493 e. The van der Waals surface area contributed by atoms with Crippen LogP contribution in [-0.4, -0.2) is 38.3 Å². The van der Waals surface area contributed by atoms with Gasteiger partial charge in [0, 0.05) is 5.02 Å². The first-order valence-corrected chi connectivity index (χ1v) is 8.34. The standard InChI is InChI=1S/C19H20ClNO6/c1-25-14-8-11(9-15(26-2)18(14)27-3)10-16(22)21-17(19(23)24)12-4-6-13(20)7-5-12/h4-9,17H,10H2,1-3H3,(H,21,22)(H,23,24). The number of carboxylic acid groups (broad SMARTS) is 1. The Morgan fingerprint density at radius 3 is 2.04 bits per heavy atom. The summed E-state index contributed by atoms with van der Waals surface area (Å²) in [5.74, 6) is -0.407. The first kappa shape index (κ1) is 20.4. The van der Waals surface area contributed by atoms with E-state index in [4.69, 9.17) is 25.8 Å². The van der Waals surface area contributed by atoms with Crippen molar-refractivity contribution in [2.75, 3.05) is 21.3 Å². The average molecular weight is 394 g/mol. The normalized spacial score (nSPS) is 11.4. The summed E-state index contributed by atoms with van der Waals surface area (Å²) in [6.07, 6.45) is -0.0614. The molecule has 0 aliphatic carbocycles. The molecule has 27 heavy (non-hydrogen) atoms. The Morgan fingerprint density at radius 2 is 1.59 bits per heavy atom. The van der Waals surface area contributed by atoms with Crippen LogP contribution in [-0.2, 0) is 16.0 Å². The van der Waals surface area contributed by atoms with Gasteiger partial charge >= 0.3 is 5.97 Å². The third-order valence-electron chi connectivity index (χ3n) is 3.84. The molecule has 0 aromatic heterocycles. The van der Waals surface area contributed by atoms with E-state index in [1.54, 1.807) is 36.4 Å². The van der Waals surface area contributed by atoms with E-state index < -0.39 is 17.9 Å². The molecule has 0 heterocycles. The highest BCUT2D eigenvalue weighted by molar-refractivity contribution is 6.30.